The van der Waals surface area contributed by atoms with Crippen LogP contribution in [0.2, 0.25) is 0 Å². The Morgan fingerprint density at radius 1 is 1.19 bits per heavy atom. The number of rotatable bonds is 2. The molecule has 21 heavy (non-hydrogen) atoms. The standard InChI is InChI=1S/C18H26N2O/c1-12-5-7-14(8-6-12)19-16(21)20-15-11-13-9-10-18(15,4)17(13,2)3/h5-8,13,15H,9-11H2,1-4H3,(H2,19,20,21)/t13-,15-,18+/m0/s1. The maximum absolute atomic E-state index is 12.3. The highest BCUT2D eigenvalue weighted by Gasteiger charge is 2.61. The fraction of sp³-hybridized carbons (Fsp3) is 0.611. The van der Waals surface area contributed by atoms with Crippen molar-refractivity contribution in [2.45, 2.75) is 53.0 Å². The van der Waals surface area contributed by atoms with Crippen molar-refractivity contribution >= 4 is 11.7 Å². The van der Waals surface area contributed by atoms with E-state index in [0.717, 1.165) is 18.0 Å². The molecule has 2 aliphatic rings. The Balaban J connectivity index is 1.65. The third-order valence-corrected chi connectivity index (χ3v) is 6.41. The Kier molecular flexibility index (Phi) is 3.27. The lowest BCUT2D eigenvalue weighted by Crippen LogP contribution is -2.48. The number of urea groups is 1. The molecule has 3 heteroatoms. The van der Waals surface area contributed by atoms with E-state index >= 15 is 0 Å². The summed E-state index contributed by atoms with van der Waals surface area (Å²) in [7, 11) is 0. The fourth-order valence-corrected chi connectivity index (χ4v) is 4.38. The Bertz CT molecular complexity index is 549. The number of hydrogen-bond acceptors (Lipinski definition) is 1. The Hall–Kier alpha value is -1.51. The van der Waals surface area contributed by atoms with Crippen LogP contribution in [-0.2, 0) is 0 Å². The predicted octanol–water partition coefficient (Wildman–Crippen LogP) is 4.33. The van der Waals surface area contributed by atoms with Gasteiger partial charge in [0.2, 0.25) is 0 Å². The lowest BCUT2D eigenvalue weighted by atomic mass is 9.69. The summed E-state index contributed by atoms with van der Waals surface area (Å²) in [6.07, 6.45) is 3.65. The maximum Gasteiger partial charge on any atom is 0.319 e. The number of amides is 2. The summed E-state index contributed by atoms with van der Waals surface area (Å²) in [6.45, 7) is 9.12. The molecule has 2 saturated carbocycles. The molecule has 114 valence electrons. The van der Waals surface area contributed by atoms with Gasteiger partial charge in [-0.15, -0.1) is 0 Å². The van der Waals surface area contributed by atoms with E-state index in [1.165, 1.54) is 18.4 Å². The van der Waals surface area contributed by atoms with Gasteiger partial charge in [0.05, 0.1) is 0 Å². The second-order valence-corrected chi connectivity index (χ2v) is 7.63. The van der Waals surface area contributed by atoms with Crippen molar-refractivity contribution in [2.24, 2.45) is 16.7 Å². The van der Waals surface area contributed by atoms with Crippen molar-refractivity contribution in [3.05, 3.63) is 29.8 Å². The minimum absolute atomic E-state index is 0.0755. The SMILES string of the molecule is Cc1ccc(NC(=O)N[C@H]2C[C@@H]3CC[C@@]2(C)C3(C)C)cc1. The molecule has 3 nitrogen and oxygen atoms in total. The van der Waals surface area contributed by atoms with E-state index < -0.39 is 0 Å². The first-order valence-electron chi connectivity index (χ1n) is 7.97. The number of carbonyl (C=O) groups is 1. The molecule has 0 aromatic heterocycles. The van der Waals surface area contributed by atoms with Gasteiger partial charge in [0.25, 0.3) is 0 Å². The van der Waals surface area contributed by atoms with Crippen LogP contribution in [0.1, 0.15) is 45.6 Å². The number of anilines is 1. The van der Waals surface area contributed by atoms with E-state index in [9.17, 15) is 4.79 Å². The molecule has 2 aliphatic carbocycles. The molecule has 2 amide bonds. The van der Waals surface area contributed by atoms with Gasteiger partial charge in [-0.3, -0.25) is 0 Å². The van der Waals surface area contributed by atoms with Gasteiger partial charge >= 0.3 is 6.03 Å². The number of fused-ring (bicyclic) bond motifs is 2. The zero-order valence-electron chi connectivity index (χ0n) is 13.5. The van der Waals surface area contributed by atoms with E-state index in [0.29, 0.717) is 5.41 Å². The van der Waals surface area contributed by atoms with E-state index in [-0.39, 0.29) is 17.5 Å². The van der Waals surface area contributed by atoms with Crippen LogP contribution in [0, 0.1) is 23.7 Å². The summed E-state index contributed by atoms with van der Waals surface area (Å²) in [4.78, 5) is 12.3. The van der Waals surface area contributed by atoms with E-state index in [1.54, 1.807) is 0 Å². The van der Waals surface area contributed by atoms with Gasteiger partial charge in [-0.2, -0.15) is 0 Å². The van der Waals surface area contributed by atoms with Crippen LogP contribution in [0.4, 0.5) is 10.5 Å². The molecule has 0 aliphatic heterocycles. The number of benzene rings is 1. The first kappa shape index (κ1) is 14.4. The summed E-state index contributed by atoms with van der Waals surface area (Å²) < 4.78 is 0. The van der Waals surface area contributed by atoms with E-state index in [4.69, 9.17) is 0 Å². The first-order chi connectivity index (χ1) is 9.83. The quantitative estimate of drug-likeness (QED) is 0.834. The molecule has 0 radical (unpaired) electrons. The molecule has 1 aromatic carbocycles. The second kappa shape index (κ2) is 4.75. The summed E-state index contributed by atoms with van der Waals surface area (Å²) >= 11 is 0. The maximum atomic E-state index is 12.3. The Morgan fingerprint density at radius 3 is 2.38 bits per heavy atom. The lowest BCUT2D eigenvalue weighted by molar-refractivity contribution is 0.125. The van der Waals surface area contributed by atoms with Crippen molar-refractivity contribution in [3.63, 3.8) is 0 Å². The van der Waals surface area contributed by atoms with Gasteiger partial charge in [-0.25, -0.2) is 4.79 Å². The number of aryl methyl sites for hydroxylation is 1. The zero-order chi connectivity index (χ0) is 15.3. The van der Waals surface area contributed by atoms with E-state index in [2.05, 4.69) is 31.4 Å². The highest BCUT2D eigenvalue weighted by Crippen LogP contribution is 2.65. The normalized spacial score (nSPS) is 33.0. The predicted molar refractivity (Wildman–Crippen MR) is 86.4 cm³/mol. The van der Waals surface area contributed by atoms with Gasteiger partial charge in [0, 0.05) is 11.7 Å². The van der Waals surface area contributed by atoms with Gasteiger partial charge in [0.1, 0.15) is 0 Å². The van der Waals surface area contributed by atoms with Crippen molar-refractivity contribution < 1.29 is 4.79 Å². The number of hydrogen-bond donors (Lipinski definition) is 2. The zero-order valence-corrected chi connectivity index (χ0v) is 13.5. The van der Waals surface area contributed by atoms with Crippen molar-refractivity contribution in [1.29, 1.82) is 0 Å². The van der Waals surface area contributed by atoms with Crippen LogP contribution in [-0.4, -0.2) is 12.1 Å². The van der Waals surface area contributed by atoms with Crippen LogP contribution in [0.3, 0.4) is 0 Å². The van der Waals surface area contributed by atoms with Gasteiger partial charge in [0.15, 0.2) is 0 Å². The molecule has 0 saturated heterocycles. The Morgan fingerprint density at radius 2 is 1.86 bits per heavy atom. The van der Waals surface area contributed by atoms with Gasteiger partial charge in [-0.05, 0) is 55.1 Å². The molecule has 2 bridgehead atoms. The number of nitrogens with one attached hydrogen (secondary N) is 2. The number of carbonyl (C=O) groups excluding carboxylic acids is 1. The molecular weight excluding hydrogens is 260 g/mol. The minimum Gasteiger partial charge on any atom is -0.335 e. The average Bonchev–Trinajstić information content (AvgIpc) is 2.74. The largest absolute Gasteiger partial charge is 0.335 e. The molecule has 2 fully saturated rings. The monoisotopic (exact) mass is 286 g/mol. The highest BCUT2D eigenvalue weighted by atomic mass is 16.2. The van der Waals surface area contributed by atoms with Crippen LogP contribution in [0.15, 0.2) is 24.3 Å². The molecule has 3 rings (SSSR count). The molecular formula is C18H26N2O. The minimum atomic E-state index is -0.0755. The third-order valence-electron chi connectivity index (χ3n) is 6.41. The lowest BCUT2D eigenvalue weighted by Gasteiger charge is -2.39. The summed E-state index contributed by atoms with van der Waals surface area (Å²) in [6, 6.07) is 8.13. The second-order valence-electron chi connectivity index (χ2n) is 7.63. The molecule has 3 atom stereocenters. The smallest absolute Gasteiger partial charge is 0.319 e. The van der Waals surface area contributed by atoms with Crippen molar-refractivity contribution in [3.8, 4) is 0 Å². The van der Waals surface area contributed by atoms with E-state index in [1.807, 2.05) is 31.2 Å². The molecule has 0 spiro atoms. The highest BCUT2D eigenvalue weighted by molar-refractivity contribution is 5.89. The van der Waals surface area contributed by atoms with Crippen molar-refractivity contribution in [1.82, 2.24) is 5.32 Å². The van der Waals surface area contributed by atoms with Crippen molar-refractivity contribution in [2.75, 3.05) is 5.32 Å². The van der Waals surface area contributed by atoms with Crippen LogP contribution < -0.4 is 10.6 Å². The fourth-order valence-electron chi connectivity index (χ4n) is 4.38. The molecule has 2 N–H and O–H groups in total. The van der Waals surface area contributed by atoms with Gasteiger partial charge in [-0.1, -0.05) is 38.5 Å². The van der Waals surface area contributed by atoms with Crippen LogP contribution in [0.25, 0.3) is 0 Å². The first-order valence-corrected chi connectivity index (χ1v) is 7.97. The summed E-state index contributed by atoms with van der Waals surface area (Å²) in [5, 5.41) is 6.17. The topological polar surface area (TPSA) is 41.1 Å². The van der Waals surface area contributed by atoms with Crippen LogP contribution in [0.5, 0.6) is 0 Å². The third kappa shape index (κ3) is 2.23. The van der Waals surface area contributed by atoms with Crippen LogP contribution >= 0.6 is 0 Å². The molecule has 0 unspecified atom stereocenters. The summed E-state index contributed by atoms with van der Waals surface area (Å²) in [5.74, 6) is 0.743. The summed E-state index contributed by atoms with van der Waals surface area (Å²) in [5.41, 5.74) is 2.60. The molecule has 1 aromatic rings. The van der Waals surface area contributed by atoms with Gasteiger partial charge < -0.3 is 10.6 Å². The molecule has 0 heterocycles. The Labute approximate surface area is 127 Å². The average molecular weight is 286 g/mol.